The van der Waals surface area contributed by atoms with Crippen LogP contribution in [-0.2, 0) is 3.42 Å². The normalized spacial score (nSPS) is 11.6. The summed E-state index contributed by atoms with van der Waals surface area (Å²) in [6.45, 7) is 3.93. The lowest BCUT2D eigenvalue weighted by Crippen LogP contribution is -2.18. The molecule has 0 unspecified atom stereocenters. The highest BCUT2D eigenvalue weighted by molar-refractivity contribution is 14.1. The van der Waals surface area contributed by atoms with Gasteiger partial charge < -0.3 is 5.73 Å². The smallest absolute Gasteiger partial charge is 0.252 e. The molecule has 4 nitrogen and oxygen atoms in total. The molecule has 0 aliphatic heterocycles. The van der Waals surface area contributed by atoms with Gasteiger partial charge in [0.1, 0.15) is 0 Å². The van der Waals surface area contributed by atoms with Crippen LogP contribution in [0.25, 0.3) is 0 Å². The lowest BCUT2D eigenvalue weighted by molar-refractivity contribution is 0.779. The van der Waals surface area contributed by atoms with Crippen LogP contribution in [0, 0.1) is 0 Å². The van der Waals surface area contributed by atoms with Gasteiger partial charge in [0.25, 0.3) is 5.56 Å². The van der Waals surface area contributed by atoms with E-state index in [2.05, 4.69) is 32.6 Å². The number of H-pyrrole nitrogens is 1. The summed E-state index contributed by atoms with van der Waals surface area (Å²) in [5, 5.41) is 0. The summed E-state index contributed by atoms with van der Waals surface area (Å²) in [7, 11) is 0. The highest BCUT2D eigenvalue weighted by Gasteiger charge is 2.18. The molecule has 0 aromatic carbocycles. The molecule has 0 saturated carbocycles. The Kier molecular flexibility index (Phi) is 2.41. The van der Waals surface area contributed by atoms with Gasteiger partial charge in [0, 0.05) is 6.07 Å². The van der Waals surface area contributed by atoms with Crippen molar-refractivity contribution in [2.24, 2.45) is 0 Å². The average Bonchev–Trinajstić information content (AvgIpc) is 1.82. The van der Waals surface area contributed by atoms with Crippen LogP contribution in [0.3, 0.4) is 0 Å². The van der Waals surface area contributed by atoms with E-state index >= 15 is 0 Å². The molecular formula is C7H10IN3O. The standard InChI is InChI=1S/C7H10IN3O/c1-7(2,8)4-3-5(12)11-6(9)10-4/h3H,1-2H3,(H3,9,10,11,12). The van der Waals surface area contributed by atoms with Crippen LogP contribution in [0.1, 0.15) is 19.5 Å². The fourth-order valence-corrected chi connectivity index (χ4v) is 1.06. The number of nitrogens with two attached hydrogens (primary N) is 1. The van der Waals surface area contributed by atoms with Crippen molar-refractivity contribution in [3.8, 4) is 0 Å². The van der Waals surface area contributed by atoms with Crippen LogP contribution in [0.2, 0.25) is 0 Å². The molecule has 0 fully saturated rings. The molecule has 0 amide bonds. The molecule has 0 aliphatic carbocycles. The zero-order valence-corrected chi connectivity index (χ0v) is 9.05. The van der Waals surface area contributed by atoms with E-state index in [1.165, 1.54) is 6.07 Å². The van der Waals surface area contributed by atoms with Crippen molar-refractivity contribution in [3.05, 3.63) is 22.1 Å². The predicted molar refractivity (Wildman–Crippen MR) is 56.3 cm³/mol. The average molecular weight is 279 g/mol. The molecule has 1 aromatic rings. The molecule has 1 aromatic heterocycles. The van der Waals surface area contributed by atoms with Gasteiger partial charge in [-0.2, -0.15) is 0 Å². The minimum atomic E-state index is -0.206. The second-order valence-electron chi connectivity index (χ2n) is 2.99. The van der Waals surface area contributed by atoms with E-state index in [1.807, 2.05) is 13.8 Å². The van der Waals surface area contributed by atoms with Gasteiger partial charge >= 0.3 is 0 Å². The Morgan fingerprint density at radius 3 is 2.67 bits per heavy atom. The lowest BCUT2D eigenvalue weighted by Gasteiger charge is -2.14. The van der Waals surface area contributed by atoms with E-state index in [-0.39, 0.29) is 14.9 Å². The van der Waals surface area contributed by atoms with Gasteiger partial charge in [-0.15, -0.1) is 0 Å². The van der Waals surface area contributed by atoms with Crippen molar-refractivity contribution >= 4 is 28.5 Å². The number of hydrogen-bond acceptors (Lipinski definition) is 3. The van der Waals surface area contributed by atoms with Gasteiger partial charge in [0.15, 0.2) is 0 Å². The van der Waals surface area contributed by atoms with Crippen LogP contribution in [0.15, 0.2) is 10.9 Å². The number of anilines is 1. The maximum absolute atomic E-state index is 11.0. The summed E-state index contributed by atoms with van der Waals surface area (Å²) in [6.07, 6.45) is 0. The quantitative estimate of drug-likeness (QED) is 0.595. The molecule has 0 saturated heterocycles. The topological polar surface area (TPSA) is 71.8 Å². The molecule has 3 N–H and O–H groups in total. The van der Waals surface area contributed by atoms with Crippen LogP contribution in [0.4, 0.5) is 5.95 Å². The third-order valence-electron chi connectivity index (χ3n) is 1.37. The van der Waals surface area contributed by atoms with Crippen molar-refractivity contribution in [3.63, 3.8) is 0 Å². The van der Waals surface area contributed by atoms with E-state index in [9.17, 15) is 4.79 Å². The Bertz CT molecular complexity index is 339. The van der Waals surface area contributed by atoms with Crippen molar-refractivity contribution in [1.29, 1.82) is 0 Å². The largest absolute Gasteiger partial charge is 0.369 e. The maximum Gasteiger partial charge on any atom is 0.252 e. The van der Waals surface area contributed by atoms with Gasteiger partial charge in [-0.05, 0) is 13.8 Å². The van der Waals surface area contributed by atoms with Crippen LogP contribution < -0.4 is 11.3 Å². The van der Waals surface area contributed by atoms with E-state index in [1.54, 1.807) is 0 Å². The zero-order valence-electron chi connectivity index (χ0n) is 6.89. The minimum Gasteiger partial charge on any atom is -0.369 e. The van der Waals surface area contributed by atoms with Crippen molar-refractivity contribution in [2.45, 2.75) is 17.3 Å². The Labute approximate surface area is 83.7 Å². The highest BCUT2D eigenvalue weighted by atomic mass is 127. The van der Waals surface area contributed by atoms with Crippen LogP contribution >= 0.6 is 22.6 Å². The first-order chi connectivity index (χ1) is 5.39. The third kappa shape index (κ3) is 2.20. The Balaban J connectivity index is 3.27. The number of aromatic nitrogens is 2. The summed E-state index contributed by atoms with van der Waals surface area (Å²) in [6, 6.07) is 1.46. The summed E-state index contributed by atoms with van der Waals surface area (Å²) in [5.41, 5.74) is 5.88. The Morgan fingerprint density at radius 1 is 1.67 bits per heavy atom. The first-order valence-electron chi connectivity index (χ1n) is 3.46. The van der Waals surface area contributed by atoms with Crippen molar-refractivity contribution in [1.82, 2.24) is 9.97 Å². The number of hydrogen-bond donors (Lipinski definition) is 2. The Hall–Kier alpha value is -0.590. The monoisotopic (exact) mass is 279 g/mol. The number of nitrogen functional groups attached to an aromatic ring is 1. The first-order valence-corrected chi connectivity index (χ1v) is 4.54. The molecular weight excluding hydrogens is 269 g/mol. The molecule has 0 spiro atoms. The number of alkyl halides is 1. The SMILES string of the molecule is CC(C)(I)c1cc(=O)[nH]c(N)n1. The Morgan fingerprint density at radius 2 is 2.25 bits per heavy atom. The van der Waals surface area contributed by atoms with Crippen LogP contribution in [-0.4, -0.2) is 9.97 Å². The van der Waals surface area contributed by atoms with Gasteiger partial charge in [-0.1, -0.05) is 22.6 Å². The van der Waals surface area contributed by atoms with Gasteiger partial charge in [-0.3, -0.25) is 9.78 Å². The lowest BCUT2D eigenvalue weighted by atomic mass is 10.1. The molecule has 5 heteroatoms. The molecule has 0 aliphatic rings. The van der Waals surface area contributed by atoms with Gasteiger partial charge in [0.05, 0.1) is 9.12 Å². The summed E-state index contributed by atoms with van der Waals surface area (Å²) < 4.78 is -0.167. The summed E-state index contributed by atoms with van der Waals surface area (Å²) in [4.78, 5) is 17.4. The van der Waals surface area contributed by atoms with Gasteiger partial charge in [0.2, 0.25) is 5.95 Å². The molecule has 1 rings (SSSR count). The number of aromatic amines is 1. The zero-order chi connectivity index (χ0) is 9.35. The van der Waals surface area contributed by atoms with E-state index in [0.29, 0.717) is 5.69 Å². The number of rotatable bonds is 1. The molecule has 66 valence electrons. The number of nitrogens with zero attached hydrogens (tertiary/aromatic N) is 1. The van der Waals surface area contributed by atoms with E-state index in [4.69, 9.17) is 5.73 Å². The fourth-order valence-electron chi connectivity index (χ4n) is 0.781. The van der Waals surface area contributed by atoms with E-state index in [0.717, 1.165) is 0 Å². The van der Waals surface area contributed by atoms with Crippen molar-refractivity contribution < 1.29 is 0 Å². The molecule has 12 heavy (non-hydrogen) atoms. The summed E-state index contributed by atoms with van der Waals surface area (Å²) >= 11 is 2.20. The fraction of sp³-hybridized carbons (Fsp3) is 0.429. The minimum absolute atomic E-state index is 0.167. The molecule has 0 atom stereocenters. The highest BCUT2D eigenvalue weighted by Crippen LogP contribution is 2.27. The first kappa shape index (κ1) is 9.50. The number of halogens is 1. The van der Waals surface area contributed by atoms with E-state index < -0.39 is 0 Å². The third-order valence-corrected chi connectivity index (χ3v) is 1.92. The predicted octanol–water partition coefficient (Wildman–Crippen LogP) is 1.02. The maximum atomic E-state index is 11.0. The number of nitrogens with one attached hydrogen (secondary N) is 1. The second-order valence-corrected chi connectivity index (χ2v) is 5.69. The second kappa shape index (κ2) is 3.04. The van der Waals surface area contributed by atoms with Crippen molar-refractivity contribution in [2.75, 3.05) is 5.73 Å². The molecule has 1 heterocycles. The van der Waals surface area contributed by atoms with Gasteiger partial charge in [-0.25, -0.2) is 4.98 Å². The molecule has 0 bridgehead atoms. The summed E-state index contributed by atoms with van der Waals surface area (Å²) in [5.74, 6) is 0.169. The molecule has 0 radical (unpaired) electrons. The van der Waals surface area contributed by atoms with Crippen LogP contribution in [0.5, 0.6) is 0 Å².